The Labute approximate surface area is 77.5 Å². The molecule has 0 unspecified atom stereocenters. The number of hydrogen-bond donors (Lipinski definition) is 1. The molecule has 2 rings (SSSR count). The number of hydrogen-bond acceptors (Lipinski definition) is 2. The normalized spacial score (nSPS) is 20.5. The van der Waals surface area contributed by atoms with E-state index in [4.69, 9.17) is 9.84 Å². The lowest BCUT2D eigenvalue weighted by molar-refractivity contribution is 0.214. The molecule has 0 saturated heterocycles. The highest BCUT2D eigenvalue weighted by Gasteiger charge is 2.16. The van der Waals surface area contributed by atoms with Crippen LogP contribution in [0.25, 0.3) is 0 Å². The summed E-state index contributed by atoms with van der Waals surface area (Å²) in [5, 5.41) is 8.99. The molecule has 2 heteroatoms. The highest BCUT2D eigenvalue weighted by molar-refractivity contribution is 5.47. The summed E-state index contributed by atoms with van der Waals surface area (Å²) in [5.41, 5.74) is 2.10. The molecule has 68 valence electrons. The summed E-state index contributed by atoms with van der Waals surface area (Å²) < 4.78 is 5.52. The SMILES string of the molecule is CC1=C(CO)OC2=CCC=CC2=C1. The fourth-order valence-electron chi connectivity index (χ4n) is 1.47. The molecule has 13 heavy (non-hydrogen) atoms. The van der Waals surface area contributed by atoms with E-state index < -0.39 is 0 Å². The third-order valence-electron chi connectivity index (χ3n) is 2.21. The molecule has 0 bridgehead atoms. The van der Waals surface area contributed by atoms with Gasteiger partial charge in [-0.3, -0.25) is 0 Å². The Balaban J connectivity index is 2.38. The first-order chi connectivity index (χ1) is 6.31. The van der Waals surface area contributed by atoms with Crippen LogP contribution in [0.1, 0.15) is 13.3 Å². The minimum absolute atomic E-state index is 0.0311. The molecule has 2 nitrogen and oxygen atoms in total. The molecule has 1 aliphatic heterocycles. The fourth-order valence-corrected chi connectivity index (χ4v) is 1.47. The second-order valence-electron chi connectivity index (χ2n) is 3.17. The predicted molar refractivity (Wildman–Crippen MR) is 50.8 cm³/mol. The lowest BCUT2D eigenvalue weighted by Gasteiger charge is -2.21. The lowest BCUT2D eigenvalue weighted by Crippen LogP contribution is -2.08. The molecule has 1 heterocycles. The lowest BCUT2D eigenvalue weighted by atomic mass is 10.0. The van der Waals surface area contributed by atoms with Crippen LogP contribution >= 0.6 is 0 Å². The van der Waals surface area contributed by atoms with Crippen LogP contribution in [-0.4, -0.2) is 11.7 Å². The van der Waals surface area contributed by atoms with E-state index in [1.54, 1.807) is 0 Å². The molecule has 0 radical (unpaired) electrons. The molecule has 0 amide bonds. The van der Waals surface area contributed by atoms with Gasteiger partial charge in [0.15, 0.2) is 0 Å². The van der Waals surface area contributed by atoms with E-state index in [2.05, 4.69) is 6.08 Å². The van der Waals surface area contributed by atoms with Crippen LogP contribution in [0.5, 0.6) is 0 Å². The van der Waals surface area contributed by atoms with Gasteiger partial charge in [0.2, 0.25) is 0 Å². The second-order valence-corrected chi connectivity index (χ2v) is 3.17. The van der Waals surface area contributed by atoms with Gasteiger partial charge in [0.1, 0.15) is 18.1 Å². The molecule has 1 aliphatic carbocycles. The van der Waals surface area contributed by atoms with Crippen molar-refractivity contribution in [1.29, 1.82) is 0 Å². The van der Waals surface area contributed by atoms with E-state index in [1.807, 2.05) is 25.2 Å². The smallest absolute Gasteiger partial charge is 0.132 e. The van der Waals surface area contributed by atoms with E-state index in [9.17, 15) is 0 Å². The zero-order valence-electron chi connectivity index (χ0n) is 7.58. The Hall–Kier alpha value is -1.28. The number of aliphatic hydroxyl groups is 1. The van der Waals surface area contributed by atoms with Gasteiger partial charge in [0, 0.05) is 5.57 Å². The van der Waals surface area contributed by atoms with Gasteiger partial charge in [-0.2, -0.15) is 0 Å². The molecular formula is C11H12O2. The molecule has 0 aromatic rings. The zero-order chi connectivity index (χ0) is 9.26. The minimum Gasteiger partial charge on any atom is -0.459 e. The van der Waals surface area contributed by atoms with Gasteiger partial charge in [-0.05, 0) is 31.1 Å². The zero-order valence-corrected chi connectivity index (χ0v) is 7.58. The van der Waals surface area contributed by atoms with Crippen molar-refractivity contribution in [2.75, 3.05) is 6.61 Å². The Kier molecular flexibility index (Phi) is 2.07. The van der Waals surface area contributed by atoms with Crippen molar-refractivity contribution in [1.82, 2.24) is 0 Å². The highest BCUT2D eigenvalue weighted by atomic mass is 16.5. The van der Waals surface area contributed by atoms with Crippen LogP contribution in [0.4, 0.5) is 0 Å². The third kappa shape index (κ3) is 1.45. The number of aliphatic hydroxyl groups excluding tert-OH is 1. The maximum atomic E-state index is 8.99. The molecule has 0 atom stereocenters. The fraction of sp³-hybridized carbons (Fsp3) is 0.273. The van der Waals surface area contributed by atoms with Crippen molar-refractivity contribution in [3.63, 3.8) is 0 Å². The Morgan fingerprint density at radius 1 is 1.54 bits per heavy atom. The second kappa shape index (κ2) is 3.23. The summed E-state index contributed by atoms with van der Waals surface area (Å²) in [6.45, 7) is 1.91. The van der Waals surface area contributed by atoms with E-state index in [0.29, 0.717) is 5.76 Å². The van der Waals surface area contributed by atoms with Gasteiger partial charge in [-0.1, -0.05) is 12.2 Å². The molecule has 0 spiro atoms. The Morgan fingerprint density at radius 3 is 3.15 bits per heavy atom. The summed E-state index contributed by atoms with van der Waals surface area (Å²) in [6.07, 6.45) is 9.11. The first-order valence-corrected chi connectivity index (χ1v) is 4.38. The van der Waals surface area contributed by atoms with Crippen molar-refractivity contribution in [3.8, 4) is 0 Å². The number of fused-ring (bicyclic) bond motifs is 1. The minimum atomic E-state index is -0.0311. The van der Waals surface area contributed by atoms with Crippen LogP contribution < -0.4 is 0 Å². The van der Waals surface area contributed by atoms with Crippen molar-refractivity contribution < 1.29 is 9.84 Å². The predicted octanol–water partition coefficient (Wildman–Crippen LogP) is 2.05. The van der Waals surface area contributed by atoms with Crippen molar-refractivity contribution >= 4 is 0 Å². The highest BCUT2D eigenvalue weighted by Crippen LogP contribution is 2.29. The van der Waals surface area contributed by atoms with Gasteiger partial charge >= 0.3 is 0 Å². The number of allylic oxidation sites excluding steroid dienone is 5. The molecule has 0 saturated carbocycles. The largest absolute Gasteiger partial charge is 0.459 e. The Bertz CT molecular complexity index is 343. The van der Waals surface area contributed by atoms with Gasteiger partial charge in [-0.25, -0.2) is 0 Å². The van der Waals surface area contributed by atoms with Crippen LogP contribution in [0, 0.1) is 0 Å². The topological polar surface area (TPSA) is 29.5 Å². The van der Waals surface area contributed by atoms with Crippen molar-refractivity contribution in [2.24, 2.45) is 0 Å². The van der Waals surface area contributed by atoms with Gasteiger partial charge in [-0.15, -0.1) is 0 Å². The monoisotopic (exact) mass is 176 g/mol. The number of ether oxygens (including phenoxy) is 1. The van der Waals surface area contributed by atoms with Crippen LogP contribution in [0.3, 0.4) is 0 Å². The van der Waals surface area contributed by atoms with E-state index in [1.165, 1.54) is 0 Å². The van der Waals surface area contributed by atoms with Gasteiger partial charge in [0.25, 0.3) is 0 Å². The van der Waals surface area contributed by atoms with Crippen LogP contribution in [-0.2, 0) is 4.74 Å². The molecular weight excluding hydrogens is 164 g/mol. The van der Waals surface area contributed by atoms with Gasteiger partial charge < -0.3 is 9.84 Å². The summed E-state index contributed by atoms with van der Waals surface area (Å²) in [6, 6.07) is 0. The maximum Gasteiger partial charge on any atom is 0.132 e. The number of rotatable bonds is 1. The summed E-state index contributed by atoms with van der Waals surface area (Å²) in [5.74, 6) is 1.53. The van der Waals surface area contributed by atoms with Crippen LogP contribution in [0.15, 0.2) is 47.0 Å². The first kappa shape index (κ1) is 8.32. The molecule has 2 aliphatic rings. The van der Waals surface area contributed by atoms with Crippen molar-refractivity contribution in [2.45, 2.75) is 13.3 Å². The summed E-state index contributed by atoms with van der Waals surface area (Å²) in [4.78, 5) is 0. The average Bonchev–Trinajstić information content (AvgIpc) is 2.17. The summed E-state index contributed by atoms with van der Waals surface area (Å²) in [7, 11) is 0. The average molecular weight is 176 g/mol. The van der Waals surface area contributed by atoms with Crippen LogP contribution in [0.2, 0.25) is 0 Å². The first-order valence-electron chi connectivity index (χ1n) is 4.38. The Morgan fingerprint density at radius 2 is 2.38 bits per heavy atom. The molecule has 0 fully saturated rings. The standard InChI is InChI=1S/C11H12O2/c1-8-6-9-4-2-3-5-10(9)13-11(8)7-12/h2,4-6,12H,3,7H2,1H3. The summed E-state index contributed by atoms with van der Waals surface area (Å²) >= 11 is 0. The van der Waals surface area contributed by atoms with E-state index >= 15 is 0 Å². The third-order valence-corrected chi connectivity index (χ3v) is 2.21. The van der Waals surface area contributed by atoms with E-state index in [-0.39, 0.29) is 6.61 Å². The quantitative estimate of drug-likeness (QED) is 0.662. The maximum absolute atomic E-state index is 8.99. The van der Waals surface area contributed by atoms with Gasteiger partial charge in [0.05, 0.1) is 0 Å². The molecule has 0 aromatic carbocycles. The van der Waals surface area contributed by atoms with E-state index in [0.717, 1.165) is 23.3 Å². The molecule has 0 aromatic heterocycles. The molecule has 1 N–H and O–H groups in total. The van der Waals surface area contributed by atoms with Crippen molar-refractivity contribution in [3.05, 3.63) is 47.0 Å².